The van der Waals surface area contributed by atoms with Gasteiger partial charge in [0.05, 0.1) is 0 Å². The molecule has 1 N–H and O–H groups in total. The number of carbonyl (C=O) groups excluding carboxylic acids is 1. The Kier molecular flexibility index (Phi) is 5.21. The molecule has 4 heteroatoms. The summed E-state index contributed by atoms with van der Waals surface area (Å²) in [5.74, 6) is 0.928. The third kappa shape index (κ3) is 4.39. The fraction of sp³-hybridized carbons (Fsp3) is 0.250. The van der Waals surface area contributed by atoms with Crippen molar-refractivity contribution in [2.75, 3.05) is 0 Å². The monoisotopic (exact) mass is 341 g/mol. The van der Waals surface area contributed by atoms with E-state index in [1.807, 2.05) is 61.5 Å². The van der Waals surface area contributed by atoms with Gasteiger partial charge in [-0.05, 0) is 43.2 Å². The molecular formula is C20H20ClNO2. The van der Waals surface area contributed by atoms with Crippen LogP contribution >= 0.6 is 11.6 Å². The van der Waals surface area contributed by atoms with Crippen LogP contribution in [0.4, 0.5) is 0 Å². The molecular weight excluding hydrogens is 322 g/mol. The average Bonchev–Trinajstić information content (AvgIpc) is 2.95. The largest absolute Gasteiger partial charge is 0.461 e. The Hall–Kier alpha value is -2.26. The zero-order chi connectivity index (χ0) is 16.9. The summed E-state index contributed by atoms with van der Waals surface area (Å²) in [6.07, 6.45) is 1.81. The van der Waals surface area contributed by atoms with E-state index in [0.29, 0.717) is 24.3 Å². The van der Waals surface area contributed by atoms with Crippen LogP contribution < -0.4 is 5.32 Å². The molecule has 24 heavy (non-hydrogen) atoms. The zero-order valence-corrected chi connectivity index (χ0v) is 14.3. The van der Waals surface area contributed by atoms with Crippen LogP contribution in [0, 0.1) is 0 Å². The molecule has 0 aliphatic heterocycles. The third-order valence-electron chi connectivity index (χ3n) is 3.92. The van der Waals surface area contributed by atoms with Gasteiger partial charge in [0, 0.05) is 29.3 Å². The van der Waals surface area contributed by atoms with Gasteiger partial charge in [0.2, 0.25) is 5.91 Å². The van der Waals surface area contributed by atoms with E-state index < -0.39 is 0 Å². The first-order valence-electron chi connectivity index (χ1n) is 8.11. The number of hydrogen-bond acceptors (Lipinski definition) is 2. The highest BCUT2D eigenvalue weighted by Gasteiger charge is 2.11. The zero-order valence-electron chi connectivity index (χ0n) is 13.6. The molecule has 1 heterocycles. The molecule has 124 valence electrons. The van der Waals surface area contributed by atoms with Crippen molar-refractivity contribution >= 4 is 28.5 Å². The van der Waals surface area contributed by atoms with Crippen molar-refractivity contribution < 1.29 is 9.21 Å². The first-order valence-corrected chi connectivity index (χ1v) is 8.49. The molecule has 3 nitrogen and oxygen atoms in total. The first-order chi connectivity index (χ1) is 11.6. The summed E-state index contributed by atoms with van der Waals surface area (Å²) in [6, 6.07) is 17.6. The lowest BCUT2D eigenvalue weighted by molar-refractivity contribution is -0.121. The lowest BCUT2D eigenvalue weighted by Crippen LogP contribution is -2.34. The van der Waals surface area contributed by atoms with E-state index in [4.69, 9.17) is 16.0 Å². The van der Waals surface area contributed by atoms with Crippen LogP contribution in [0.5, 0.6) is 0 Å². The maximum atomic E-state index is 12.1. The number of nitrogens with one attached hydrogen (secondary N) is 1. The number of benzene rings is 2. The van der Waals surface area contributed by atoms with E-state index in [1.54, 1.807) is 0 Å². The SMILES string of the molecule is C[C@H](Cc1cc2ccccc2o1)NC(=O)CCc1cccc(Cl)c1. The molecule has 0 aliphatic carbocycles. The molecule has 0 aliphatic rings. The van der Waals surface area contributed by atoms with Crippen molar-refractivity contribution in [3.05, 3.63) is 70.9 Å². The predicted molar refractivity (Wildman–Crippen MR) is 97.3 cm³/mol. The number of carbonyl (C=O) groups is 1. The Morgan fingerprint density at radius 3 is 2.79 bits per heavy atom. The molecule has 0 fully saturated rings. The van der Waals surface area contributed by atoms with Crippen LogP contribution in [0.1, 0.15) is 24.7 Å². The maximum Gasteiger partial charge on any atom is 0.220 e. The summed E-state index contributed by atoms with van der Waals surface area (Å²) >= 11 is 5.96. The molecule has 0 radical (unpaired) electrons. The number of amides is 1. The Balaban J connectivity index is 1.50. The second-order valence-electron chi connectivity index (χ2n) is 6.05. The number of halogens is 1. The maximum absolute atomic E-state index is 12.1. The number of furan rings is 1. The molecule has 3 rings (SSSR count). The van der Waals surface area contributed by atoms with E-state index in [-0.39, 0.29) is 11.9 Å². The Bertz CT molecular complexity index is 807. The van der Waals surface area contributed by atoms with Crippen LogP contribution in [-0.4, -0.2) is 11.9 Å². The van der Waals surface area contributed by atoms with E-state index >= 15 is 0 Å². The molecule has 1 aromatic heterocycles. The number of hydrogen-bond donors (Lipinski definition) is 1. The smallest absolute Gasteiger partial charge is 0.220 e. The van der Waals surface area contributed by atoms with E-state index in [0.717, 1.165) is 22.3 Å². The first kappa shape index (κ1) is 16.6. The fourth-order valence-electron chi connectivity index (χ4n) is 2.79. The second-order valence-corrected chi connectivity index (χ2v) is 6.49. The van der Waals surface area contributed by atoms with E-state index in [1.165, 1.54) is 0 Å². The molecule has 1 atom stereocenters. The van der Waals surface area contributed by atoms with Crippen LogP contribution in [0.3, 0.4) is 0 Å². The summed E-state index contributed by atoms with van der Waals surface area (Å²) in [4.78, 5) is 12.1. The second kappa shape index (κ2) is 7.54. The van der Waals surface area contributed by atoms with Gasteiger partial charge in [0.1, 0.15) is 11.3 Å². The van der Waals surface area contributed by atoms with Gasteiger partial charge in [-0.2, -0.15) is 0 Å². The molecule has 2 aromatic carbocycles. The van der Waals surface area contributed by atoms with Crippen molar-refractivity contribution in [2.45, 2.75) is 32.2 Å². The lowest BCUT2D eigenvalue weighted by Gasteiger charge is -2.12. The summed E-state index contributed by atoms with van der Waals surface area (Å²) in [5, 5.41) is 4.82. The van der Waals surface area contributed by atoms with Crippen molar-refractivity contribution in [2.24, 2.45) is 0 Å². The topological polar surface area (TPSA) is 42.2 Å². The van der Waals surface area contributed by atoms with Gasteiger partial charge in [0.25, 0.3) is 0 Å². The normalized spacial score (nSPS) is 12.2. The van der Waals surface area contributed by atoms with Gasteiger partial charge in [-0.25, -0.2) is 0 Å². The number of para-hydroxylation sites is 1. The van der Waals surface area contributed by atoms with Crippen molar-refractivity contribution in [1.29, 1.82) is 0 Å². The minimum Gasteiger partial charge on any atom is -0.461 e. The van der Waals surface area contributed by atoms with Crippen LogP contribution in [0.25, 0.3) is 11.0 Å². The summed E-state index contributed by atoms with van der Waals surface area (Å²) in [5.41, 5.74) is 1.95. The number of rotatable bonds is 6. The number of aryl methyl sites for hydroxylation is 1. The van der Waals surface area contributed by atoms with E-state index in [2.05, 4.69) is 5.32 Å². The molecule has 0 unspecified atom stereocenters. The van der Waals surface area contributed by atoms with Crippen LogP contribution in [0.2, 0.25) is 5.02 Å². The van der Waals surface area contributed by atoms with E-state index in [9.17, 15) is 4.79 Å². The minimum atomic E-state index is 0.0254. The van der Waals surface area contributed by atoms with Gasteiger partial charge in [-0.15, -0.1) is 0 Å². The van der Waals surface area contributed by atoms with Crippen LogP contribution in [-0.2, 0) is 17.6 Å². The Morgan fingerprint density at radius 1 is 1.17 bits per heavy atom. The molecule has 0 saturated heterocycles. The number of fused-ring (bicyclic) bond motifs is 1. The highest BCUT2D eigenvalue weighted by atomic mass is 35.5. The molecule has 0 bridgehead atoms. The van der Waals surface area contributed by atoms with Crippen LogP contribution in [0.15, 0.2) is 59.0 Å². The molecule has 1 amide bonds. The van der Waals surface area contributed by atoms with Crippen molar-refractivity contribution in [3.63, 3.8) is 0 Å². The van der Waals surface area contributed by atoms with Crippen molar-refractivity contribution in [3.8, 4) is 0 Å². The lowest BCUT2D eigenvalue weighted by atomic mass is 10.1. The predicted octanol–water partition coefficient (Wildman–Crippen LogP) is 4.77. The van der Waals surface area contributed by atoms with Gasteiger partial charge in [-0.1, -0.05) is 41.9 Å². The molecule has 0 spiro atoms. The Morgan fingerprint density at radius 2 is 2.00 bits per heavy atom. The standard InChI is InChI=1S/C20H20ClNO2/c1-14(11-18-13-16-6-2-3-8-19(16)24-18)22-20(23)10-9-15-5-4-7-17(21)12-15/h2-8,12-14H,9-11H2,1H3,(H,22,23)/t14-/m1/s1. The highest BCUT2D eigenvalue weighted by molar-refractivity contribution is 6.30. The summed E-state index contributed by atoms with van der Waals surface area (Å²) in [7, 11) is 0. The highest BCUT2D eigenvalue weighted by Crippen LogP contribution is 2.19. The fourth-order valence-corrected chi connectivity index (χ4v) is 3.00. The average molecular weight is 342 g/mol. The summed E-state index contributed by atoms with van der Waals surface area (Å²) in [6.45, 7) is 1.99. The summed E-state index contributed by atoms with van der Waals surface area (Å²) < 4.78 is 5.80. The Labute approximate surface area is 146 Å². The van der Waals surface area contributed by atoms with Gasteiger partial charge in [-0.3, -0.25) is 4.79 Å². The van der Waals surface area contributed by atoms with Gasteiger partial charge in [0.15, 0.2) is 0 Å². The molecule has 0 saturated carbocycles. The quantitative estimate of drug-likeness (QED) is 0.702. The minimum absolute atomic E-state index is 0.0254. The van der Waals surface area contributed by atoms with Gasteiger partial charge >= 0.3 is 0 Å². The van der Waals surface area contributed by atoms with Crippen molar-refractivity contribution in [1.82, 2.24) is 5.32 Å². The molecule has 3 aromatic rings. The van der Waals surface area contributed by atoms with Gasteiger partial charge < -0.3 is 9.73 Å². The third-order valence-corrected chi connectivity index (χ3v) is 4.16.